The van der Waals surface area contributed by atoms with Gasteiger partial charge in [0.1, 0.15) is 11.5 Å². The summed E-state index contributed by atoms with van der Waals surface area (Å²) < 4.78 is 0. The van der Waals surface area contributed by atoms with Crippen molar-refractivity contribution < 1.29 is 9.59 Å². The number of rotatable bonds is 4. The summed E-state index contributed by atoms with van der Waals surface area (Å²) in [7, 11) is 0. The van der Waals surface area contributed by atoms with Crippen LogP contribution in [0.25, 0.3) is 0 Å². The minimum atomic E-state index is -0.0419. The van der Waals surface area contributed by atoms with E-state index in [0.717, 1.165) is 38.8 Å². The summed E-state index contributed by atoms with van der Waals surface area (Å²) in [6.07, 6.45) is 7.00. The molecule has 0 atom stereocenters. The summed E-state index contributed by atoms with van der Waals surface area (Å²) in [6.45, 7) is 5.59. The fourth-order valence-electron chi connectivity index (χ4n) is 3.32. The number of urea groups is 1. The van der Waals surface area contributed by atoms with Crippen LogP contribution in [0.3, 0.4) is 0 Å². The Balaban J connectivity index is 1.54. The lowest BCUT2D eigenvalue weighted by Crippen LogP contribution is -2.46. The zero-order valence-electron chi connectivity index (χ0n) is 14.7. The molecule has 25 heavy (non-hydrogen) atoms. The Bertz CT molecular complexity index is 609. The molecule has 3 rings (SSSR count). The second kappa shape index (κ2) is 8.13. The van der Waals surface area contributed by atoms with Crippen LogP contribution in [0.1, 0.15) is 43.1 Å². The van der Waals surface area contributed by atoms with E-state index in [-0.39, 0.29) is 18.0 Å². The lowest BCUT2D eigenvalue weighted by atomic mass is 10.1. The molecule has 0 aliphatic carbocycles. The maximum atomic E-state index is 12.4. The summed E-state index contributed by atoms with van der Waals surface area (Å²) >= 11 is 0. The largest absolute Gasteiger partial charge is 0.366 e. The van der Waals surface area contributed by atoms with Gasteiger partial charge in [-0.15, -0.1) is 0 Å². The summed E-state index contributed by atoms with van der Waals surface area (Å²) in [6, 6.07) is 0.232. The number of likely N-dealkylation sites (tertiary alicyclic amines) is 2. The van der Waals surface area contributed by atoms with Gasteiger partial charge < -0.3 is 20.4 Å². The van der Waals surface area contributed by atoms with Gasteiger partial charge in [0.2, 0.25) is 0 Å². The zero-order chi connectivity index (χ0) is 17.6. The van der Waals surface area contributed by atoms with E-state index >= 15 is 0 Å². The maximum Gasteiger partial charge on any atom is 0.317 e. The normalized spacial score (nSPS) is 18.3. The van der Waals surface area contributed by atoms with E-state index in [1.165, 1.54) is 6.20 Å². The molecule has 0 bridgehead atoms. The van der Waals surface area contributed by atoms with Crippen molar-refractivity contribution in [1.82, 2.24) is 25.1 Å². The highest BCUT2D eigenvalue weighted by Gasteiger charge is 2.24. The van der Waals surface area contributed by atoms with Gasteiger partial charge >= 0.3 is 6.03 Å². The van der Waals surface area contributed by atoms with E-state index in [9.17, 15) is 9.59 Å². The third-order valence-corrected chi connectivity index (χ3v) is 4.71. The first kappa shape index (κ1) is 17.4. The third-order valence-electron chi connectivity index (χ3n) is 4.71. The van der Waals surface area contributed by atoms with E-state index in [4.69, 9.17) is 0 Å². The molecule has 136 valence electrons. The van der Waals surface area contributed by atoms with Gasteiger partial charge in [-0.1, -0.05) is 0 Å². The average molecular weight is 346 g/mol. The van der Waals surface area contributed by atoms with Crippen LogP contribution in [0.2, 0.25) is 0 Å². The maximum absolute atomic E-state index is 12.4. The second-order valence-corrected chi connectivity index (χ2v) is 6.53. The number of nitrogens with zero attached hydrogens (tertiary/aromatic N) is 4. The van der Waals surface area contributed by atoms with Gasteiger partial charge in [0.25, 0.3) is 5.91 Å². The van der Waals surface area contributed by atoms with Crippen LogP contribution >= 0.6 is 0 Å². The summed E-state index contributed by atoms with van der Waals surface area (Å²) in [5.74, 6) is 0.584. The first-order chi connectivity index (χ1) is 12.2. The Hall–Kier alpha value is -2.38. The van der Waals surface area contributed by atoms with Gasteiger partial charge in [0, 0.05) is 38.8 Å². The number of aromatic nitrogens is 2. The predicted molar refractivity (Wildman–Crippen MR) is 94.5 cm³/mol. The van der Waals surface area contributed by atoms with Crippen LogP contribution in [0, 0.1) is 0 Å². The number of piperidine rings is 1. The molecule has 1 aromatic rings. The summed E-state index contributed by atoms with van der Waals surface area (Å²) in [5, 5.41) is 6.18. The molecule has 3 amide bonds. The van der Waals surface area contributed by atoms with Crippen molar-refractivity contribution in [2.24, 2.45) is 0 Å². The lowest BCUT2D eigenvalue weighted by Gasteiger charge is -2.32. The molecule has 3 heterocycles. The molecule has 0 unspecified atom stereocenters. The van der Waals surface area contributed by atoms with Crippen molar-refractivity contribution >= 4 is 17.8 Å². The fourth-order valence-corrected chi connectivity index (χ4v) is 3.32. The van der Waals surface area contributed by atoms with E-state index in [0.29, 0.717) is 31.1 Å². The minimum Gasteiger partial charge on any atom is -0.366 e. The lowest BCUT2D eigenvalue weighted by molar-refractivity contribution is 0.0786. The molecule has 1 aromatic heterocycles. The number of hydrogen-bond acceptors (Lipinski definition) is 5. The van der Waals surface area contributed by atoms with Crippen molar-refractivity contribution in [3.63, 3.8) is 0 Å². The molecule has 2 saturated heterocycles. The SMILES string of the molecule is CCNC(=O)N1CCC(Nc2cncc(C(=O)N3CCCC3)n2)CC1. The molecule has 0 aromatic carbocycles. The van der Waals surface area contributed by atoms with Crippen molar-refractivity contribution in [2.75, 3.05) is 38.0 Å². The van der Waals surface area contributed by atoms with E-state index in [1.54, 1.807) is 6.20 Å². The Morgan fingerprint density at radius 2 is 1.84 bits per heavy atom. The van der Waals surface area contributed by atoms with E-state index < -0.39 is 0 Å². The van der Waals surface area contributed by atoms with Crippen LogP contribution in [-0.4, -0.2) is 70.5 Å². The van der Waals surface area contributed by atoms with Gasteiger partial charge in [-0.05, 0) is 32.6 Å². The van der Waals surface area contributed by atoms with Crippen LogP contribution < -0.4 is 10.6 Å². The van der Waals surface area contributed by atoms with Crippen molar-refractivity contribution in [3.05, 3.63) is 18.1 Å². The Morgan fingerprint density at radius 3 is 2.52 bits per heavy atom. The Morgan fingerprint density at radius 1 is 1.12 bits per heavy atom. The average Bonchev–Trinajstić information content (AvgIpc) is 3.17. The standard InChI is InChI=1S/C17H26N6O2/c1-2-19-17(25)23-9-5-13(6-10-23)20-15-12-18-11-14(21-15)16(24)22-7-3-4-8-22/h11-13H,2-10H2,1H3,(H,19,25)(H,20,21). The van der Waals surface area contributed by atoms with Gasteiger partial charge in [0.05, 0.1) is 12.4 Å². The second-order valence-electron chi connectivity index (χ2n) is 6.53. The van der Waals surface area contributed by atoms with E-state index in [1.807, 2.05) is 16.7 Å². The summed E-state index contributed by atoms with van der Waals surface area (Å²) in [5.41, 5.74) is 0.395. The number of carbonyl (C=O) groups is 2. The molecule has 2 fully saturated rings. The smallest absolute Gasteiger partial charge is 0.317 e. The Kier molecular flexibility index (Phi) is 5.67. The number of amides is 3. The first-order valence-corrected chi connectivity index (χ1v) is 9.08. The van der Waals surface area contributed by atoms with Crippen LogP contribution in [0.15, 0.2) is 12.4 Å². The number of carbonyl (C=O) groups excluding carboxylic acids is 2. The highest BCUT2D eigenvalue weighted by molar-refractivity contribution is 5.92. The van der Waals surface area contributed by atoms with Crippen LogP contribution in [-0.2, 0) is 0 Å². The molecule has 8 nitrogen and oxygen atoms in total. The molecule has 0 radical (unpaired) electrons. The molecule has 0 saturated carbocycles. The van der Waals surface area contributed by atoms with Gasteiger partial charge in [-0.25, -0.2) is 9.78 Å². The van der Waals surface area contributed by atoms with Gasteiger partial charge in [-0.3, -0.25) is 9.78 Å². The summed E-state index contributed by atoms with van der Waals surface area (Å²) in [4.78, 5) is 36.5. The molecular formula is C17H26N6O2. The monoisotopic (exact) mass is 346 g/mol. The number of nitrogens with one attached hydrogen (secondary N) is 2. The fraction of sp³-hybridized carbons (Fsp3) is 0.647. The van der Waals surface area contributed by atoms with Crippen LogP contribution in [0.5, 0.6) is 0 Å². The molecule has 2 aliphatic rings. The molecule has 2 aliphatic heterocycles. The van der Waals surface area contributed by atoms with Crippen LogP contribution in [0.4, 0.5) is 10.6 Å². The first-order valence-electron chi connectivity index (χ1n) is 9.08. The predicted octanol–water partition coefficient (Wildman–Crippen LogP) is 1.32. The molecule has 2 N–H and O–H groups in total. The number of hydrogen-bond donors (Lipinski definition) is 2. The topological polar surface area (TPSA) is 90.5 Å². The van der Waals surface area contributed by atoms with E-state index in [2.05, 4.69) is 20.6 Å². The van der Waals surface area contributed by atoms with Crippen molar-refractivity contribution in [2.45, 2.75) is 38.6 Å². The third kappa shape index (κ3) is 4.37. The zero-order valence-corrected chi connectivity index (χ0v) is 14.7. The van der Waals surface area contributed by atoms with Gasteiger partial charge in [0.15, 0.2) is 0 Å². The molecule has 8 heteroatoms. The van der Waals surface area contributed by atoms with Gasteiger partial charge in [-0.2, -0.15) is 0 Å². The molecule has 0 spiro atoms. The Labute approximate surface area is 148 Å². The van der Waals surface area contributed by atoms with Crippen molar-refractivity contribution in [3.8, 4) is 0 Å². The number of anilines is 1. The quantitative estimate of drug-likeness (QED) is 0.858. The highest BCUT2D eigenvalue weighted by atomic mass is 16.2. The minimum absolute atomic E-state index is 0.000973. The highest BCUT2D eigenvalue weighted by Crippen LogP contribution is 2.16. The molecular weight excluding hydrogens is 320 g/mol. The van der Waals surface area contributed by atoms with Crippen molar-refractivity contribution in [1.29, 1.82) is 0 Å².